The number of aromatic amines is 1. The van der Waals surface area contributed by atoms with Crippen molar-refractivity contribution in [3.63, 3.8) is 0 Å². The number of hydrogen-bond acceptors (Lipinski definition) is 5. The van der Waals surface area contributed by atoms with Gasteiger partial charge in [-0.05, 0) is 30.5 Å². The van der Waals surface area contributed by atoms with Gasteiger partial charge in [0.15, 0.2) is 5.52 Å². The molecule has 3 rings (SSSR count). The van der Waals surface area contributed by atoms with E-state index in [1.165, 1.54) is 6.20 Å². The van der Waals surface area contributed by atoms with Crippen molar-refractivity contribution in [1.82, 2.24) is 19.7 Å². The summed E-state index contributed by atoms with van der Waals surface area (Å²) in [5, 5.41) is 17.1. The Morgan fingerprint density at radius 3 is 2.86 bits per heavy atom. The first kappa shape index (κ1) is 20.2. The van der Waals surface area contributed by atoms with E-state index >= 15 is 0 Å². The molecule has 0 aliphatic rings. The second-order valence-electron chi connectivity index (χ2n) is 6.50. The summed E-state index contributed by atoms with van der Waals surface area (Å²) in [5.41, 5.74) is 1.40. The average molecular weight is 424 g/mol. The first-order valence-electron chi connectivity index (χ1n) is 8.71. The standard InChI is InChI=1S/C18H19Cl2N5O3/c1-10(17(27)28)3-2-6-25-15-14(9-22-25)23-18(24-16(15)26)21-8-11-4-5-12(19)13(20)7-11/h4-5,7,9-10H,2-3,6,8H2,1H3,(H,27,28)(H2,21,23,24,26). The van der Waals surface area contributed by atoms with Gasteiger partial charge in [-0.15, -0.1) is 0 Å². The fourth-order valence-corrected chi connectivity index (χ4v) is 3.09. The maximum absolute atomic E-state index is 12.5. The van der Waals surface area contributed by atoms with E-state index in [1.54, 1.807) is 23.7 Å². The van der Waals surface area contributed by atoms with Crippen molar-refractivity contribution in [2.75, 3.05) is 5.32 Å². The van der Waals surface area contributed by atoms with Crippen molar-refractivity contribution < 1.29 is 9.90 Å². The minimum absolute atomic E-state index is 0.314. The number of anilines is 1. The van der Waals surface area contributed by atoms with Gasteiger partial charge in [-0.2, -0.15) is 5.10 Å². The van der Waals surface area contributed by atoms with Crippen LogP contribution in [-0.2, 0) is 17.9 Å². The molecule has 3 N–H and O–H groups in total. The lowest BCUT2D eigenvalue weighted by atomic mass is 10.1. The van der Waals surface area contributed by atoms with Crippen molar-refractivity contribution in [3.8, 4) is 0 Å². The summed E-state index contributed by atoms with van der Waals surface area (Å²) in [6.07, 6.45) is 2.63. The molecular weight excluding hydrogens is 405 g/mol. The summed E-state index contributed by atoms with van der Waals surface area (Å²) >= 11 is 11.9. The van der Waals surface area contributed by atoms with Crippen LogP contribution in [0.4, 0.5) is 5.95 Å². The molecule has 0 aliphatic carbocycles. The van der Waals surface area contributed by atoms with Gasteiger partial charge < -0.3 is 10.4 Å². The van der Waals surface area contributed by atoms with Crippen LogP contribution in [0.5, 0.6) is 0 Å². The first-order valence-corrected chi connectivity index (χ1v) is 9.47. The van der Waals surface area contributed by atoms with Gasteiger partial charge in [0.25, 0.3) is 5.56 Å². The number of nitrogens with zero attached hydrogens (tertiary/aromatic N) is 3. The van der Waals surface area contributed by atoms with E-state index in [9.17, 15) is 9.59 Å². The number of halogens is 2. The van der Waals surface area contributed by atoms with Crippen LogP contribution >= 0.6 is 23.2 Å². The zero-order valence-electron chi connectivity index (χ0n) is 15.1. The normalized spacial score (nSPS) is 12.2. The molecule has 0 fully saturated rings. The fraction of sp³-hybridized carbons (Fsp3) is 0.333. The van der Waals surface area contributed by atoms with Crippen LogP contribution in [0.15, 0.2) is 29.2 Å². The molecule has 1 aromatic carbocycles. The van der Waals surface area contributed by atoms with E-state index in [2.05, 4.69) is 20.4 Å². The highest BCUT2D eigenvalue weighted by molar-refractivity contribution is 6.42. The Morgan fingerprint density at radius 1 is 1.36 bits per heavy atom. The summed E-state index contributed by atoms with van der Waals surface area (Å²) in [5.74, 6) is -0.944. The topological polar surface area (TPSA) is 113 Å². The lowest BCUT2D eigenvalue weighted by molar-refractivity contribution is -0.141. The molecule has 28 heavy (non-hydrogen) atoms. The Kier molecular flexibility index (Phi) is 6.21. The van der Waals surface area contributed by atoms with E-state index in [0.717, 1.165) is 5.56 Å². The predicted octanol–water partition coefficient (Wildman–Crippen LogP) is 3.54. The van der Waals surface area contributed by atoms with Crippen LogP contribution in [0.3, 0.4) is 0 Å². The molecule has 2 aromatic heterocycles. The number of hydrogen-bond donors (Lipinski definition) is 3. The van der Waals surface area contributed by atoms with Crippen LogP contribution in [0.1, 0.15) is 25.3 Å². The molecule has 10 heteroatoms. The first-order chi connectivity index (χ1) is 13.3. The molecule has 0 bridgehead atoms. The van der Waals surface area contributed by atoms with Gasteiger partial charge in [0.2, 0.25) is 5.95 Å². The maximum atomic E-state index is 12.5. The van der Waals surface area contributed by atoms with Gasteiger partial charge in [0, 0.05) is 13.1 Å². The van der Waals surface area contributed by atoms with Crippen LogP contribution < -0.4 is 10.9 Å². The Balaban J connectivity index is 1.70. The molecule has 2 heterocycles. The molecule has 0 amide bonds. The molecule has 0 radical (unpaired) electrons. The molecule has 3 aromatic rings. The van der Waals surface area contributed by atoms with Gasteiger partial charge >= 0.3 is 5.97 Å². The highest BCUT2D eigenvalue weighted by Crippen LogP contribution is 2.23. The number of benzene rings is 1. The third-order valence-electron chi connectivity index (χ3n) is 4.37. The lowest BCUT2D eigenvalue weighted by Crippen LogP contribution is -2.17. The maximum Gasteiger partial charge on any atom is 0.306 e. The number of nitrogens with one attached hydrogen (secondary N) is 2. The van der Waals surface area contributed by atoms with Crippen LogP contribution in [0.25, 0.3) is 11.0 Å². The van der Waals surface area contributed by atoms with Crippen molar-refractivity contribution in [2.45, 2.75) is 32.9 Å². The third-order valence-corrected chi connectivity index (χ3v) is 5.11. The monoisotopic (exact) mass is 423 g/mol. The molecule has 0 saturated heterocycles. The third kappa shape index (κ3) is 4.63. The summed E-state index contributed by atoms with van der Waals surface area (Å²) in [4.78, 5) is 30.4. The number of H-pyrrole nitrogens is 1. The molecule has 0 spiro atoms. The number of aliphatic carboxylic acids is 1. The van der Waals surface area contributed by atoms with Gasteiger partial charge in [-0.3, -0.25) is 19.3 Å². The molecule has 1 atom stereocenters. The van der Waals surface area contributed by atoms with E-state index in [-0.39, 0.29) is 5.56 Å². The number of aryl methyl sites for hydroxylation is 1. The fourth-order valence-electron chi connectivity index (χ4n) is 2.77. The van der Waals surface area contributed by atoms with Gasteiger partial charge in [-0.1, -0.05) is 36.2 Å². The number of carboxylic acids is 1. The Labute approximate surface area is 170 Å². The van der Waals surface area contributed by atoms with Crippen molar-refractivity contribution in [1.29, 1.82) is 0 Å². The highest BCUT2D eigenvalue weighted by Gasteiger charge is 2.13. The smallest absolute Gasteiger partial charge is 0.306 e. The molecular formula is C18H19Cl2N5O3. The molecule has 0 aliphatic heterocycles. The van der Waals surface area contributed by atoms with Crippen molar-refractivity contribution in [3.05, 3.63) is 50.4 Å². The zero-order valence-corrected chi connectivity index (χ0v) is 16.6. The van der Waals surface area contributed by atoms with Crippen LogP contribution in [0.2, 0.25) is 10.0 Å². The van der Waals surface area contributed by atoms with Crippen molar-refractivity contribution >= 4 is 46.2 Å². The molecule has 148 valence electrons. The second-order valence-corrected chi connectivity index (χ2v) is 7.31. The van der Waals surface area contributed by atoms with Gasteiger partial charge in [0.05, 0.1) is 22.2 Å². The van der Waals surface area contributed by atoms with E-state index < -0.39 is 11.9 Å². The van der Waals surface area contributed by atoms with E-state index in [0.29, 0.717) is 53.0 Å². The molecule has 1 unspecified atom stereocenters. The summed E-state index contributed by atoms with van der Waals surface area (Å²) in [6.45, 7) is 2.51. The van der Waals surface area contributed by atoms with Gasteiger partial charge in [-0.25, -0.2) is 4.98 Å². The number of carbonyl (C=O) groups is 1. The predicted molar refractivity (Wildman–Crippen MR) is 108 cm³/mol. The lowest BCUT2D eigenvalue weighted by Gasteiger charge is -2.08. The van der Waals surface area contributed by atoms with E-state index in [4.69, 9.17) is 28.3 Å². The second kappa shape index (κ2) is 8.62. The highest BCUT2D eigenvalue weighted by atomic mass is 35.5. The molecule has 8 nitrogen and oxygen atoms in total. The van der Waals surface area contributed by atoms with Crippen molar-refractivity contribution in [2.24, 2.45) is 5.92 Å². The Bertz CT molecular complexity index is 1060. The Hall–Kier alpha value is -2.58. The number of carboxylic acid groups (broad SMARTS) is 1. The minimum Gasteiger partial charge on any atom is -0.481 e. The van der Waals surface area contributed by atoms with Gasteiger partial charge in [0.1, 0.15) is 5.52 Å². The number of fused-ring (bicyclic) bond motifs is 1. The van der Waals surface area contributed by atoms with Crippen LogP contribution in [-0.4, -0.2) is 30.8 Å². The number of aromatic nitrogens is 4. The van der Waals surface area contributed by atoms with Crippen LogP contribution in [0, 0.1) is 5.92 Å². The molecule has 0 saturated carbocycles. The summed E-state index contributed by atoms with van der Waals surface area (Å²) < 4.78 is 1.55. The minimum atomic E-state index is -0.831. The quantitative estimate of drug-likeness (QED) is 0.510. The summed E-state index contributed by atoms with van der Waals surface area (Å²) in [7, 11) is 0. The van der Waals surface area contributed by atoms with E-state index in [1.807, 2.05) is 6.07 Å². The average Bonchev–Trinajstić information content (AvgIpc) is 3.06. The Morgan fingerprint density at radius 2 is 2.14 bits per heavy atom. The summed E-state index contributed by atoms with van der Waals surface area (Å²) in [6, 6.07) is 5.27. The SMILES string of the molecule is CC(CCCn1ncc2nc(NCc3ccc(Cl)c(Cl)c3)[nH]c(=O)c21)C(=O)O. The number of rotatable bonds is 8. The largest absolute Gasteiger partial charge is 0.481 e. The zero-order chi connectivity index (χ0) is 20.3.